The second-order valence-corrected chi connectivity index (χ2v) is 11.5. The van der Waals surface area contributed by atoms with Gasteiger partial charge in [0.1, 0.15) is 18.5 Å². The van der Waals surface area contributed by atoms with E-state index in [1.807, 2.05) is 26.0 Å². The van der Waals surface area contributed by atoms with Crippen LogP contribution in [0.25, 0.3) is 0 Å². The number of sulfonamides is 1. The van der Waals surface area contributed by atoms with Crippen LogP contribution in [-0.4, -0.2) is 90.9 Å². The molecular formula is C26H35N5O8S. The van der Waals surface area contributed by atoms with Crippen LogP contribution in [0.4, 0.5) is 10.6 Å². The third-order valence-corrected chi connectivity index (χ3v) is 8.23. The Hall–Kier alpha value is -3.75. The molecule has 0 saturated carbocycles. The predicted molar refractivity (Wildman–Crippen MR) is 146 cm³/mol. The van der Waals surface area contributed by atoms with Gasteiger partial charge in [-0.05, 0) is 57.4 Å². The van der Waals surface area contributed by atoms with Crippen molar-refractivity contribution in [2.75, 3.05) is 31.6 Å². The molecule has 1 aromatic carbocycles. The van der Waals surface area contributed by atoms with Crippen LogP contribution in [0.2, 0.25) is 0 Å². The highest BCUT2D eigenvalue weighted by Crippen LogP contribution is 2.23. The largest absolute Gasteiger partial charge is 0.480 e. The molecule has 14 heteroatoms. The molecule has 3 atom stereocenters. The number of hydrogen-bond acceptors (Lipinski definition) is 8. The number of aryl methyl sites for hydroxylation is 4. The molecule has 1 aliphatic rings. The summed E-state index contributed by atoms with van der Waals surface area (Å²) in [6, 6.07) is 6.80. The average molecular weight is 578 g/mol. The smallest absolute Gasteiger partial charge is 0.407 e. The summed E-state index contributed by atoms with van der Waals surface area (Å²) < 4.78 is 33.7. The minimum Gasteiger partial charge on any atom is -0.480 e. The number of nitrogens with one attached hydrogen (secondary N) is 3. The number of anilines is 1. The van der Waals surface area contributed by atoms with Crippen molar-refractivity contribution < 1.29 is 37.8 Å². The van der Waals surface area contributed by atoms with E-state index in [2.05, 4.69) is 20.3 Å². The Morgan fingerprint density at radius 3 is 2.40 bits per heavy atom. The van der Waals surface area contributed by atoms with Crippen LogP contribution in [0, 0.1) is 27.7 Å². The van der Waals surface area contributed by atoms with Gasteiger partial charge in [-0.15, -0.1) is 0 Å². The topological polar surface area (TPSA) is 187 Å². The van der Waals surface area contributed by atoms with E-state index in [9.17, 15) is 33.0 Å². The maximum atomic E-state index is 12.9. The molecule has 1 aromatic heterocycles. The van der Waals surface area contributed by atoms with Crippen molar-refractivity contribution in [3.8, 4) is 0 Å². The summed E-state index contributed by atoms with van der Waals surface area (Å²) in [6.07, 6.45) is -1.33. The molecule has 1 fully saturated rings. The zero-order valence-electron chi connectivity index (χ0n) is 22.8. The molecule has 5 N–H and O–H groups in total. The van der Waals surface area contributed by atoms with Crippen LogP contribution in [-0.2, 0) is 24.3 Å². The number of carbonyl (C=O) groups is 3. The van der Waals surface area contributed by atoms with Crippen LogP contribution in [0.3, 0.4) is 0 Å². The summed E-state index contributed by atoms with van der Waals surface area (Å²) in [5, 5.41) is 24.6. The molecular weight excluding hydrogens is 542 g/mol. The number of amides is 2. The number of carbonyl (C=O) groups excluding carboxylic acids is 1. The number of nitrogens with zero attached hydrogens (tertiary/aromatic N) is 2. The Morgan fingerprint density at radius 2 is 1.80 bits per heavy atom. The number of rotatable bonds is 12. The molecule has 3 unspecified atom stereocenters. The number of carboxylic acids is 1. The Labute approximate surface area is 233 Å². The van der Waals surface area contributed by atoms with Gasteiger partial charge in [-0.1, -0.05) is 23.8 Å². The fraction of sp³-hybridized carbons (Fsp3) is 0.462. The van der Waals surface area contributed by atoms with Gasteiger partial charge in [0.25, 0.3) is 0 Å². The number of pyridine rings is 1. The Kier molecular flexibility index (Phi) is 10.1. The number of aromatic nitrogens is 1. The lowest BCUT2D eigenvalue weighted by atomic mass is 10.1. The fourth-order valence-electron chi connectivity index (χ4n) is 4.76. The lowest BCUT2D eigenvalue weighted by Crippen LogP contribution is -2.49. The fourth-order valence-corrected chi connectivity index (χ4v) is 6.41. The molecule has 2 aromatic rings. The molecule has 1 aliphatic heterocycles. The van der Waals surface area contributed by atoms with Crippen LogP contribution < -0.4 is 15.4 Å². The highest BCUT2D eigenvalue weighted by Gasteiger charge is 2.36. The van der Waals surface area contributed by atoms with Crippen molar-refractivity contribution in [2.45, 2.75) is 57.2 Å². The molecule has 2 amide bonds. The Bertz CT molecular complexity index is 1340. The van der Waals surface area contributed by atoms with Gasteiger partial charge in [-0.2, -0.15) is 4.72 Å². The molecule has 40 heavy (non-hydrogen) atoms. The van der Waals surface area contributed by atoms with E-state index in [1.165, 1.54) is 4.90 Å². The summed E-state index contributed by atoms with van der Waals surface area (Å²) in [6.45, 7) is 6.31. The van der Waals surface area contributed by atoms with Crippen molar-refractivity contribution in [1.29, 1.82) is 0 Å². The maximum absolute atomic E-state index is 12.9. The van der Waals surface area contributed by atoms with Crippen LogP contribution >= 0.6 is 0 Å². The number of hydrogen-bond donors (Lipinski definition) is 5. The summed E-state index contributed by atoms with van der Waals surface area (Å²) >= 11 is 0. The van der Waals surface area contributed by atoms with E-state index in [1.54, 1.807) is 32.0 Å². The van der Waals surface area contributed by atoms with Gasteiger partial charge in [-0.3, -0.25) is 9.59 Å². The zero-order chi connectivity index (χ0) is 29.6. The van der Waals surface area contributed by atoms with Crippen molar-refractivity contribution in [3.05, 3.63) is 52.7 Å². The Morgan fingerprint density at radius 1 is 1.12 bits per heavy atom. The number of ether oxygens (including phenoxy) is 1. The van der Waals surface area contributed by atoms with Gasteiger partial charge in [-0.25, -0.2) is 18.2 Å². The molecule has 0 spiro atoms. The second-order valence-electron chi connectivity index (χ2n) is 9.85. The highest BCUT2D eigenvalue weighted by molar-refractivity contribution is 7.89. The first kappa shape index (κ1) is 30.8. The molecule has 13 nitrogen and oxygen atoms in total. The van der Waals surface area contributed by atoms with Gasteiger partial charge in [0, 0.05) is 18.8 Å². The van der Waals surface area contributed by atoms with Crippen molar-refractivity contribution in [2.24, 2.45) is 0 Å². The molecule has 0 aliphatic carbocycles. The average Bonchev–Trinajstić information content (AvgIpc) is 3.26. The number of carboxylic acid groups (broad SMARTS) is 2. The normalized spacial score (nSPS) is 17.9. The molecule has 1 saturated heterocycles. The number of benzene rings is 1. The highest BCUT2D eigenvalue weighted by atomic mass is 32.2. The van der Waals surface area contributed by atoms with Gasteiger partial charge in [0.05, 0.1) is 23.6 Å². The van der Waals surface area contributed by atoms with E-state index in [0.29, 0.717) is 29.9 Å². The van der Waals surface area contributed by atoms with Gasteiger partial charge in [0.15, 0.2) is 0 Å². The number of aliphatic carboxylic acids is 1. The van der Waals surface area contributed by atoms with Crippen LogP contribution in [0.5, 0.6) is 0 Å². The summed E-state index contributed by atoms with van der Waals surface area (Å²) in [4.78, 5) is 41.4. The van der Waals surface area contributed by atoms with Gasteiger partial charge in [0.2, 0.25) is 15.9 Å². The number of likely N-dealkylation sites (tertiary alicyclic amines) is 1. The van der Waals surface area contributed by atoms with E-state index in [-0.39, 0.29) is 11.4 Å². The van der Waals surface area contributed by atoms with E-state index < -0.39 is 59.3 Å². The monoisotopic (exact) mass is 577 g/mol. The lowest BCUT2D eigenvalue weighted by molar-refractivity contribution is -0.139. The van der Waals surface area contributed by atoms with E-state index in [0.717, 1.165) is 11.3 Å². The lowest BCUT2D eigenvalue weighted by Gasteiger charge is -2.21. The molecule has 0 radical (unpaired) electrons. The molecule has 2 heterocycles. The molecule has 0 bridgehead atoms. The quantitative estimate of drug-likeness (QED) is 0.247. The Balaban J connectivity index is 1.53. The second kappa shape index (κ2) is 13.1. The first-order chi connectivity index (χ1) is 18.8. The molecule has 3 rings (SSSR count). The SMILES string of the molecule is Cc1cc(C)c(S(=O)(=O)NC(CNC(=O)COC2CC(CNc3cccc(C)n3)N(C(=O)O)C2)C(=O)O)c(C)c1. The van der Waals surface area contributed by atoms with E-state index in [4.69, 9.17) is 4.74 Å². The minimum absolute atomic E-state index is 0.00884. The molecule has 218 valence electrons. The third-order valence-electron chi connectivity index (χ3n) is 6.45. The first-order valence-electron chi connectivity index (χ1n) is 12.6. The summed E-state index contributed by atoms with van der Waals surface area (Å²) in [7, 11) is -4.19. The standard InChI is InChI=1S/C26H35N5O8S/c1-15-8-16(2)24(17(3)9-15)40(37,38)30-21(25(33)34)12-28-23(32)14-39-20-10-19(31(13-20)26(35)36)11-27-22-7-5-6-18(4)29-22/h5-9,19-21,30H,10-14H2,1-4H3,(H,27,29)(H,28,32)(H,33,34)(H,35,36). The van der Waals surface area contributed by atoms with Gasteiger partial charge < -0.3 is 30.5 Å². The first-order valence-corrected chi connectivity index (χ1v) is 14.1. The van der Waals surface area contributed by atoms with E-state index >= 15 is 0 Å². The van der Waals surface area contributed by atoms with Gasteiger partial charge >= 0.3 is 12.1 Å². The maximum Gasteiger partial charge on any atom is 0.407 e. The third kappa shape index (κ3) is 8.13. The van der Waals surface area contributed by atoms with Crippen molar-refractivity contribution >= 4 is 33.8 Å². The van der Waals surface area contributed by atoms with Crippen LogP contribution in [0.1, 0.15) is 28.8 Å². The zero-order valence-corrected chi connectivity index (χ0v) is 23.6. The van der Waals surface area contributed by atoms with Crippen molar-refractivity contribution in [1.82, 2.24) is 19.9 Å². The summed E-state index contributed by atoms with van der Waals surface area (Å²) in [5.74, 6) is -1.51. The van der Waals surface area contributed by atoms with Crippen LogP contribution in [0.15, 0.2) is 35.2 Å². The minimum atomic E-state index is -4.19. The van der Waals surface area contributed by atoms with Crippen molar-refractivity contribution in [3.63, 3.8) is 0 Å². The predicted octanol–water partition coefficient (Wildman–Crippen LogP) is 1.41. The summed E-state index contributed by atoms with van der Waals surface area (Å²) in [5.41, 5.74) is 2.64.